The molecule has 4 rings (SSSR count). The normalized spacial score (nSPS) is 10.8. The lowest BCUT2D eigenvalue weighted by atomic mass is 9.99. The van der Waals surface area contributed by atoms with Gasteiger partial charge in [-0.3, -0.25) is 9.67 Å². The number of anilines is 1. The minimum absolute atomic E-state index is 0.672. The van der Waals surface area contributed by atoms with Crippen molar-refractivity contribution >= 4 is 5.82 Å². The SMILES string of the molecule is Cc1ccc(-c2ccc(-c3cc(NCc4ccccn4)n(C)n3)cc2)cc1C. The first-order valence-electron chi connectivity index (χ1n) is 9.46. The quantitative estimate of drug-likeness (QED) is 0.514. The second-order valence-corrected chi connectivity index (χ2v) is 7.09. The van der Waals surface area contributed by atoms with Gasteiger partial charge in [-0.25, -0.2) is 0 Å². The average molecular weight is 368 g/mol. The zero-order valence-corrected chi connectivity index (χ0v) is 16.5. The Bertz CT molecular complexity index is 1080. The molecule has 0 aliphatic heterocycles. The Kier molecular flexibility index (Phi) is 4.94. The Morgan fingerprint density at radius 3 is 2.29 bits per heavy atom. The molecule has 1 N–H and O–H groups in total. The first-order valence-corrected chi connectivity index (χ1v) is 9.46. The Balaban J connectivity index is 1.52. The third-order valence-electron chi connectivity index (χ3n) is 5.08. The van der Waals surface area contributed by atoms with Crippen molar-refractivity contribution in [1.82, 2.24) is 14.8 Å². The van der Waals surface area contributed by atoms with E-state index in [0.717, 1.165) is 22.8 Å². The molecule has 0 bridgehead atoms. The van der Waals surface area contributed by atoms with E-state index in [1.165, 1.54) is 22.3 Å². The highest BCUT2D eigenvalue weighted by Crippen LogP contribution is 2.27. The molecular formula is C24H24N4. The van der Waals surface area contributed by atoms with E-state index < -0.39 is 0 Å². The summed E-state index contributed by atoms with van der Waals surface area (Å²) in [5, 5.41) is 8.06. The summed E-state index contributed by atoms with van der Waals surface area (Å²) in [6.45, 7) is 4.97. The van der Waals surface area contributed by atoms with Gasteiger partial charge >= 0.3 is 0 Å². The van der Waals surface area contributed by atoms with Crippen LogP contribution in [-0.2, 0) is 13.6 Å². The van der Waals surface area contributed by atoms with E-state index in [1.807, 2.05) is 36.1 Å². The molecule has 2 heterocycles. The van der Waals surface area contributed by atoms with Crippen LogP contribution in [0.1, 0.15) is 16.8 Å². The van der Waals surface area contributed by atoms with Crippen molar-refractivity contribution < 1.29 is 0 Å². The molecule has 140 valence electrons. The Morgan fingerprint density at radius 2 is 1.57 bits per heavy atom. The lowest BCUT2D eigenvalue weighted by Gasteiger charge is -2.06. The van der Waals surface area contributed by atoms with Gasteiger partial charge in [-0.1, -0.05) is 48.5 Å². The van der Waals surface area contributed by atoms with Crippen LogP contribution in [0.3, 0.4) is 0 Å². The molecule has 0 amide bonds. The molecule has 0 spiro atoms. The molecule has 2 aromatic carbocycles. The monoisotopic (exact) mass is 368 g/mol. The Hall–Kier alpha value is -3.40. The van der Waals surface area contributed by atoms with Crippen LogP contribution >= 0.6 is 0 Å². The summed E-state index contributed by atoms with van der Waals surface area (Å²) in [5.41, 5.74) is 8.16. The van der Waals surface area contributed by atoms with Gasteiger partial charge in [-0.2, -0.15) is 5.10 Å². The number of nitrogens with zero attached hydrogens (tertiary/aromatic N) is 3. The van der Waals surface area contributed by atoms with Gasteiger partial charge in [0.25, 0.3) is 0 Å². The minimum Gasteiger partial charge on any atom is -0.365 e. The predicted molar refractivity (Wildman–Crippen MR) is 115 cm³/mol. The van der Waals surface area contributed by atoms with Crippen molar-refractivity contribution in [1.29, 1.82) is 0 Å². The van der Waals surface area contributed by atoms with E-state index in [4.69, 9.17) is 0 Å². The fourth-order valence-electron chi connectivity index (χ4n) is 3.21. The number of pyridine rings is 1. The van der Waals surface area contributed by atoms with Crippen LogP contribution in [0.4, 0.5) is 5.82 Å². The number of aromatic nitrogens is 3. The van der Waals surface area contributed by atoms with Crippen LogP contribution < -0.4 is 5.32 Å². The smallest absolute Gasteiger partial charge is 0.124 e. The van der Waals surface area contributed by atoms with E-state index in [1.54, 1.807) is 0 Å². The van der Waals surface area contributed by atoms with Gasteiger partial charge in [0.15, 0.2) is 0 Å². The summed E-state index contributed by atoms with van der Waals surface area (Å²) in [6.07, 6.45) is 1.81. The van der Waals surface area contributed by atoms with Crippen LogP contribution in [0.25, 0.3) is 22.4 Å². The van der Waals surface area contributed by atoms with Crippen LogP contribution in [-0.4, -0.2) is 14.8 Å². The second-order valence-electron chi connectivity index (χ2n) is 7.09. The van der Waals surface area contributed by atoms with Crippen molar-refractivity contribution in [2.45, 2.75) is 20.4 Å². The van der Waals surface area contributed by atoms with Crippen molar-refractivity contribution in [3.05, 3.63) is 89.7 Å². The third-order valence-corrected chi connectivity index (χ3v) is 5.08. The number of benzene rings is 2. The fraction of sp³-hybridized carbons (Fsp3) is 0.167. The van der Waals surface area contributed by atoms with Gasteiger partial charge < -0.3 is 5.32 Å². The molecule has 4 heteroatoms. The maximum absolute atomic E-state index is 4.66. The molecule has 0 saturated carbocycles. The van der Waals surface area contributed by atoms with E-state index >= 15 is 0 Å². The van der Waals surface area contributed by atoms with Crippen molar-refractivity contribution in [3.63, 3.8) is 0 Å². The highest BCUT2D eigenvalue weighted by molar-refractivity contribution is 5.70. The van der Waals surface area contributed by atoms with E-state index in [9.17, 15) is 0 Å². The molecule has 4 aromatic rings. The molecule has 0 radical (unpaired) electrons. The molecule has 0 unspecified atom stereocenters. The summed E-state index contributed by atoms with van der Waals surface area (Å²) in [7, 11) is 1.95. The lowest BCUT2D eigenvalue weighted by Crippen LogP contribution is -2.05. The summed E-state index contributed by atoms with van der Waals surface area (Å²) in [5.74, 6) is 0.971. The maximum atomic E-state index is 4.66. The molecule has 0 aliphatic carbocycles. The van der Waals surface area contributed by atoms with Gasteiger partial charge in [0.05, 0.1) is 17.9 Å². The molecule has 0 fully saturated rings. The Morgan fingerprint density at radius 1 is 0.821 bits per heavy atom. The summed E-state index contributed by atoms with van der Waals surface area (Å²) in [4.78, 5) is 4.35. The third kappa shape index (κ3) is 3.81. The van der Waals surface area contributed by atoms with Gasteiger partial charge in [0.2, 0.25) is 0 Å². The van der Waals surface area contributed by atoms with Gasteiger partial charge in [-0.15, -0.1) is 0 Å². The lowest BCUT2D eigenvalue weighted by molar-refractivity contribution is 0.770. The largest absolute Gasteiger partial charge is 0.365 e. The van der Waals surface area contributed by atoms with Crippen molar-refractivity contribution in [2.75, 3.05) is 5.32 Å². The van der Waals surface area contributed by atoms with E-state index in [2.05, 4.69) is 77.8 Å². The highest BCUT2D eigenvalue weighted by atomic mass is 15.3. The number of rotatable bonds is 5. The molecular weight excluding hydrogens is 344 g/mol. The summed E-state index contributed by atoms with van der Waals surface area (Å²) < 4.78 is 1.87. The fourth-order valence-corrected chi connectivity index (χ4v) is 3.21. The highest BCUT2D eigenvalue weighted by Gasteiger charge is 2.08. The minimum atomic E-state index is 0.672. The number of hydrogen-bond acceptors (Lipinski definition) is 3. The molecule has 0 atom stereocenters. The van der Waals surface area contributed by atoms with Crippen LogP contribution in [0.2, 0.25) is 0 Å². The zero-order chi connectivity index (χ0) is 19.5. The van der Waals surface area contributed by atoms with Crippen LogP contribution in [0.5, 0.6) is 0 Å². The molecule has 2 aromatic heterocycles. The predicted octanol–water partition coefficient (Wildman–Crippen LogP) is 5.38. The average Bonchev–Trinajstić information content (AvgIpc) is 3.10. The van der Waals surface area contributed by atoms with Crippen molar-refractivity contribution in [3.8, 4) is 22.4 Å². The second kappa shape index (κ2) is 7.69. The number of hydrogen-bond donors (Lipinski definition) is 1. The van der Waals surface area contributed by atoms with E-state index in [-0.39, 0.29) is 0 Å². The number of aryl methyl sites for hydroxylation is 3. The van der Waals surface area contributed by atoms with Crippen LogP contribution in [0.15, 0.2) is 72.9 Å². The molecule has 28 heavy (non-hydrogen) atoms. The van der Waals surface area contributed by atoms with Gasteiger partial charge in [0, 0.05) is 24.9 Å². The maximum Gasteiger partial charge on any atom is 0.124 e. The van der Waals surface area contributed by atoms with Gasteiger partial charge in [0.1, 0.15) is 5.82 Å². The number of nitrogens with one attached hydrogen (secondary N) is 1. The van der Waals surface area contributed by atoms with Crippen LogP contribution in [0, 0.1) is 13.8 Å². The first kappa shape index (κ1) is 18.0. The van der Waals surface area contributed by atoms with Gasteiger partial charge in [-0.05, 0) is 48.2 Å². The topological polar surface area (TPSA) is 42.7 Å². The molecule has 0 aliphatic rings. The standard InChI is InChI=1S/C24H24N4/c1-17-7-8-21(14-18(17)2)19-9-11-20(12-10-19)23-15-24(28(3)27-23)26-16-22-6-4-5-13-25-22/h4-15,26H,16H2,1-3H3. The zero-order valence-electron chi connectivity index (χ0n) is 16.5. The molecule has 0 saturated heterocycles. The Labute approximate surface area is 165 Å². The van der Waals surface area contributed by atoms with Crippen molar-refractivity contribution in [2.24, 2.45) is 7.05 Å². The first-order chi connectivity index (χ1) is 13.6. The molecule has 4 nitrogen and oxygen atoms in total. The summed E-state index contributed by atoms with van der Waals surface area (Å²) in [6, 6.07) is 23.2. The summed E-state index contributed by atoms with van der Waals surface area (Å²) >= 11 is 0. The van der Waals surface area contributed by atoms with E-state index in [0.29, 0.717) is 6.54 Å².